The molecule has 1 aromatic heterocycles. The Kier molecular flexibility index (Phi) is 3.51. The van der Waals surface area contributed by atoms with Gasteiger partial charge >= 0.3 is 0 Å². The number of alkyl halides is 1. The Morgan fingerprint density at radius 1 is 1.75 bits per heavy atom. The molecule has 12 heavy (non-hydrogen) atoms. The lowest BCUT2D eigenvalue weighted by Crippen LogP contribution is -1.69. The molecular formula is C9H7BrOS. The Balaban J connectivity index is 2.99. The molecule has 62 valence electrons. The van der Waals surface area contributed by atoms with Crippen LogP contribution in [0.15, 0.2) is 6.07 Å². The van der Waals surface area contributed by atoms with Crippen LogP contribution in [0.4, 0.5) is 0 Å². The van der Waals surface area contributed by atoms with E-state index in [1.54, 1.807) is 0 Å². The Morgan fingerprint density at radius 3 is 3.00 bits per heavy atom. The summed E-state index contributed by atoms with van der Waals surface area (Å²) in [6.45, 7) is 1.96. The van der Waals surface area contributed by atoms with E-state index in [1.807, 2.05) is 13.0 Å². The van der Waals surface area contributed by atoms with Crippen molar-refractivity contribution >= 4 is 33.6 Å². The zero-order valence-corrected chi connectivity index (χ0v) is 8.96. The summed E-state index contributed by atoms with van der Waals surface area (Å²) in [5.74, 6) is 5.88. The van der Waals surface area contributed by atoms with Gasteiger partial charge in [0.25, 0.3) is 0 Å². The van der Waals surface area contributed by atoms with Gasteiger partial charge in [-0.1, -0.05) is 27.8 Å². The van der Waals surface area contributed by atoms with E-state index in [1.165, 1.54) is 11.3 Å². The second-order valence-corrected chi connectivity index (χ2v) is 3.86. The van der Waals surface area contributed by atoms with Crippen molar-refractivity contribution in [2.24, 2.45) is 0 Å². The number of thiophene rings is 1. The quantitative estimate of drug-likeness (QED) is 0.421. The molecule has 0 aliphatic carbocycles. The van der Waals surface area contributed by atoms with E-state index in [0.717, 1.165) is 21.6 Å². The van der Waals surface area contributed by atoms with Gasteiger partial charge in [0.15, 0.2) is 6.29 Å². The highest BCUT2D eigenvalue weighted by molar-refractivity contribution is 9.09. The van der Waals surface area contributed by atoms with Gasteiger partial charge in [0.05, 0.1) is 15.1 Å². The zero-order valence-electron chi connectivity index (χ0n) is 6.56. The van der Waals surface area contributed by atoms with Crippen LogP contribution in [-0.4, -0.2) is 11.6 Å². The third-order valence-corrected chi connectivity index (χ3v) is 2.68. The fourth-order valence-electron chi connectivity index (χ4n) is 0.803. The molecule has 0 atom stereocenters. The van der Waals surface area contributed by atoms with Crippen molar-refractivity contribution in [2.75, 3.05) is 5.33 Å². The fraction of sp³-hybridized carbons (Fsp3) is 0.222. The number of rotatable bonds is 1. The molecule has 1 rings (SSSR count). The van der Waals surface area contributed by atoms with Gasteiger partial charge in [-0.2, -0.15) is 0 Å². The summed E-state index contributed by atoms with van der Waals surface area (Å²) >= 11 is 4.65. The smallest absolute Gasteiger partial charge is 0.160 e. The van der Waals surface area contributed by atoms with E-state index in [2.05, 4.69) is 27.8 Å². The van der Waals surface area contributed by atoms with E-state index in [-0.39, 0.29) is 0 Å². The van der Waals surface area contributed by atoms with Gasteiger partial charge in [0.1, 0.15) is 0 Å². The van der Waals surface area contributed by atoms with Crippen LogP contribution in [0, 0.1) is 18.8 Å². The van der Waals surface area contributed by atoms with Crippen molar-refractivity contribution in [3.8, 4) is 11.8 Å². The maximum atomic E-state index is 10.4. The molecule has 0 saturated carbocycles. The van der Waals surface area contributed by atoms with Crippen molar-refractivity contribution in [2.45, 2.75) is 6.92 Å². The molecular weight excluding hydrogens is 236 g/mol. The third kappa shape index (κ3) is 2.20. The van der Waals surface area contributed by atoms with Crippen LogP contribution < -0.4 is 0 Å². The highest BCUT2D eigenvalue weighted by Crippen LogP contribution is 2.18. The van der Waals surface area contributed by atoms with Crippen LogP contribution in [0.2, 0.25) is 0 Å². The van der Waals surface area contributed by atoms with Crippen LogP contribution in [0.5, 0.6) is 0 Å². The Morgan fingerprint density at radius 2 is 2.50 bits per heavy atom. The zero-order chi connectivity index (χ0) is 8.97. The van der Waals surface area contributed by atoms with Crippen LogP contribution in [0.3, 0.4) is 0 Å². The molecule has 3 heteroatoms. The topological polar surface area (TPSA) is 17.1 Å². The third-order valence-electron chi connectivity index (χ3n) is 1.32. The van der Waals surface area contributed by atoms with Gasteiger partial charge in [-0.25, -0.2) is 0 Å². The summed E-state index contributed by atoms with van der Waals surface area (Å²) in [6.07, 6.45) is 0.858. The number of carbonyl (C=O) groups excluding carboxylic acids is 1. The van der Waals surface area contributed by atoms with Crippen LogP contribution in [-0.2, 0) is 0 Å². The highest BCUT2D eigenvalue weighted by atomic mass is 79.9. The number of halogens is 1. The lowest BCUT2D eigenvalue weighted by molar-refractivity contribution is 0.112. The van der Waals surface area contributed by atoms with Crippen molar-refractivity contribution in [1.29, 1.82) is 0 Å². The van der Waals surface area contributed by atoms with Gasteiger partial charge in [0, 0.05) is 0 Å². The Bertz CT molecular complexity index is 343. The van der Waals surface area contributed by atoms with E-state index in [9.17, 15) is 4.79 Å². The highest BCUT2D eigenvalue weighted by Gasteiger charge is 2.00. The standard InChI is InChI=1S/C9H7BrOS/c1-7-5-8(6-11)12-9(7)3-2-4-10/h5-6H,4H2,1H3. The average Bonchev–Trinajstić information content (AvgIpc) is 2.43. The summed E-state index contributed by atoms with van der Waals surface area (Å²) in [7, 11) is 0. The van der Waals surface area contributed by atoms with Crippen LogP contribution in [0.25, 0.3) is 0 Å². The molecule has 0 bridgehead atoms. The van der Waals surface area contributed by atoms with E-state index < -0.39 is 0 Å². The van der Waals surface area contributed by atoms with Crippen LogP contribution in [0.1, 0.15) is 20.1 Å². The van der Waals surface area contributed by atoms with Gasteiger partial charge < -0.3 is 0 Å². The lowest BCUT2D eigenvalue weighted by Gasteiger charge is -1.81. The minimum absolute atomic E-state index is 0.667. The molecule has 1 heterocycles. The lowest BCUT2D eigenvalue weighted by atomic mass is 10.3. The molecule has 0 aliphatic heterocycles. The van der Waals surface area contributed by atoms with Gasteiger partial charge in [0.2, 0.25) is 0 Å². The van der Waals surface area contributed by atoms with Crippen molar-refractivity contribution in [1.82, 2.24) is 0 Å². The first-order valence-corrected chi connectivity index (χ1v) is 5.32. The second-order valence-electron chi connectivity index (χ2n) is 2.21. The van der Waals surface area contributed by atoms with Crippen LogP contribution >= 0.6 is 27.3 Å². The first-order chi connectivity index (χ1) is 5.77. The maximum Gasteiger partial charge on any atom is 0.160 e. The molecule has 0 fully saturated rings. The summed E-state index contributed by atoms with van der Waals surface area (Å²) in [5, 5.41) is 0.667. The molecule has 0 spiro atoms. The molecule has 0 amide bonds. The van der Waals surface area contributed by atoms with Gasteiger partial charge in [-0.05, 0) is 18.6 Å². The largest absolute Gasteiger partial charge is 0.297 e. The second kappa shape index (κ2) is 4.44. The van der Waals surface area contributed by atoms with Crippen molar-refractivity contribution in [3.05, 3.63) is 21.4 Å². The van der Waals surface area contributed by atoms with Gasteiger partial charge in [-0.15, -0.1) is 11.3 Å². The molecule has 0 saturated heterocycles. The Labute approximate surface area is 83.9 Å². The number of hydrogen-bond acceptors (Lipinski definition) is 2. The van der Waals surface area contributed by atoms with Crippen molar-refractivity contribution < 1.29 is 4.79 Å². The monoisotopic (exact) mass is 242 g/mol. The average molecular weight is 243 g/mol. The molecule has 0 aliphatic rings. The van der Waals surface area contributed by atoms with E-state index in [0.29, 0.717) is 5.33 Å². The van der Waals surface area contributed by atoms with E-state index in [4.69, 9.17) is 0 Å². The van der Waals surface area contributed by atoms with Gasteiger partial charge in [-0.3, -0.25) is 4.79 Å². The molecule has 0 radical (unpaired) electrons. The first kappa shape index (κ1) is 9.50. The number of aldehydes is 1. The number of carbonyl (C=O) groups is 1. The number of hydrogen-bond donors (Lipinski definition) is 0. The first-order valence-electron chi connectivity index (χ1n) is 3.38. The molecule has 0 aromatic carbocycles. The predicted molar refractivity (Wildman–Crippen MR) is 55.1 cm³/mol. The Hall–Kier alpha value is -0.590. The normalized spacial score (nSPS) is 8.83. The SMILES string of the molecule is Cc1cc(C=O)sc1C#CCBr. The molecule has 1 aromatic rings. The molecule has 0 unspecified atom stereocenters. The summed E-state index contributed by atoms with van der Waals surface area (Å²) in [6, 6.07) is 1.86. The molecule has 0 N–H and O–H groups in total. The van der Waals surface area contributed by atoms with E-state index >= 15 is 0 Å². The minimum atomic E-state index is 0.667. The summed E-state index contributed by atoms with van der Waals surface area (Å²) in [4.78, 5) is 12.1. The number of aryl methyl sites for hydroxylation is 1. The summed E-state index contributed by atoms with van der Waals surface area (Å²) in [5.41, 5.74) is 1.08. The predicted octanol–water partition coefficient (Wildman–Crippen LogP) is 2.62. The fourth-order valence-corrected chi connectivity index (χ4v) is 1.81. The minimum Gasteiger partial charge on any atom is -0.297 e. The van der Waals surface area contributed by atoms with Crippen molar-refractivity contribution in [3.63, 3.8) is 0 Å². The molecule has 1 nitrogen and oxygen atoms in total. The maximum absolute atomic E-state index is 10.4. The summed E-state index contributed by atoms with van der Waals surface area (Å²) < 4.78 is 0.